The Labute approximate surface area is 146 Å². The smallest absolute Gasteiger partial charge is 0.233 e. The number of ether oxygens (including phenoxy) is 2. The van der Waals surface area contributed by atoms with Crippen LogP contribution in [0.3, 0.4) is 0 Å². The van der Waals surface area contributed by atoms with Crippen molar-refractivity contribution in [2.45, 2.75) is 26.3 Å². The first-order valence-corrected chi connectivity index (χ1v) is 8.38. The highest BCUT2D eigenvalue weighted by Gasteiger charge is 2.38. The van der Waals surface area contributed by atoms with E-state index in [1.807, 2.05) is 49.4 Å². The summed E-state index contributed by atoms with van der Waals surface area (Å²) in [7, 11) is 0. The number of nitrogens with zero attached hydrogens (tertiary/aromatic N) is 1. The first-order chi connectivity index (χ1) is 12.1. The van der Waals surface area contributed by atoms with Crippen molar-refractivity contribution in [1.29, 1.82) is 0 Å². The van der Waals surface area contributed by atoms with E-state index in [0.29, 0.717) is 17.9 Å². The molecule has 5 heteroatoms. The number of rotatable bonds is 4. The number of amides is 2. The van der Waals surface area contributed by atoms with Crippen LogP contribution in [0.4, 0.5) is 0 Å². The van der Waals surface area contributed by atoms with E-state index in [0.717, 1.165) is 11.1 Å². The Morgan fingerprint density at radius 1 is 1.00 bits per heavy atom. The molecule has 2 amide bonds. The normalized spacial score (nSPS) is 18.9. The number of hydrogen-bond donors (Lipinski definition) is 0. The maximum Gasteiger partial charge on any atom is 0.233 e. The van der Waals surface area contributed by atoms with Crippen LogP contribution < -0.4 is 9.47 Å². The maximum absolute atomic E-state index is 12.7. The molecule has 1 atom stereocenters. The van der Waals surface area contributed by atoms with E-state index in [4.69, 9.17) is 9.47 Å². The summed E-state index contributed by atoms with van der Waals surface area (Å²) in [5.74, 6) is 0.875. The number of benzene rings is 2. The largest absolute Gasteiger partial charge is 0.454 e. The van der Waals surface area contributed by atoms with E-state index in [-0.39, 0.29) is 37.5 Å². The molecule has 2 aromatic carbocycles. The van der Waals surface area contributed by atoms with Crippen LogP contribution in [0.2, 0.25) is 0 Å². The minimum absolute atomic E-state index is 0.0942. The number of imide groups is 1. The third-order valence-corrected chi connectivity index (χ3v) is 4.72. The monoisotopic (exact) mass is 337 g/mol. The van der Waals surface area contributed by atoms with Gasteiger partial charge in [0.25, 0.3) is 0 Å². The summed E-state index contributed by atoms with van der Waals surface area (Å²) >= 11 is 0. The Hall–Kier alpha value is -2.82. The predicted octanol–water partition coefficient (Wildman–Crippen LogP) is 2.84. The number of fused-ring (bicyclic) bond motifs is 1. The van der Waals surface area contributed by atoms with Crippen molar-refractivity contribution in [1.82, 2.24) is 4.90 Å². The van der Waals surface area contributed by atoms with Gasteiger partial charge in [-0.05, 0) is 36.6 Å². The molecular weight excluding hydrogens is 318 g/mol. The highest BCUT2D eigenvalue weighted by molar-refractivity contribution is 6.03. The van der Waals surface area contributed by atoms with Gasteiger partial charge in [-0.15, -0.1) is 0 Å². The Kier molecular flexibility index (Phi) is 3.92. The summed E-state index contributed by atoms with van der Waals surface area (Å²) < 4.78 is 10.6. The van der Waals surface area contributed by atoms with E-state index in [1.165, 1.54) is 10.5 Å². The van der Waals surface area contributed by atoms with Crippen molar-refractivity contribution >= 4 is 11.8 Å². The van der Waals surface area contributed by atoms with Crippen molar-refractivity contribution in [3.05, 3.63) is 59.2 Å². The maximum atomic E-state index is 12.7. The molecule has 25 heavy (non-hydrogen) atoms. The number of carbonyl (C=O) groups is 2. The molecule has 0 bridgehead atoms. The zero-order chi connectivity index (χ0) is 17.4. The van der Waals surface area contributed by atoms with Gasteiger partial charge < -0.3 is 9.47 Å². The topological polar surface area (TPSA) is 55.8 Å². The average molecular weight is 337 g/mol. The van der Waals surface area contributed by atoms with Gasteiger partial charge in [-0.2, -0.15) is 0 Å². The number of carbonyl (C=O) groups excluding carboxylic acids is 2. The third kappa shape index (κ3) is 3.09. The molecule has 0 spiro atoms. The fourth-order valence-electron chi connectivity index (χ4n) is 3.31. The summed E-state index contributed by atoms with van der Waals surface area (Å²) in [5.41, 5.74) is 3.13. The van der Waals surface area contributed by atoms with Gasteiger partial charge in [-0.3, -0.25) is 14.5 Å². The molecule has 2 aliphatic rings. The van der Waals surface area contributed by atoms with Crippen molar-refractivity contribution in [3.8, 4) is 11.5 Å². The van der Waals surface area contributed by atoms with E-state index < -0.39 is 0 Å². The fraction of sp³-hybridized carbons (Fsp3) is 0.300. The van der Waals surface area contributed by atoms with Crippen molar-refractivity contribution in [2.24, 2.45) is 5.92 Å². The molecule has 4 rings (SSSR count). The summed E-state index contributed by atoms with van der Waals surface area (Å²) in [4.78, 5) is 26.4. The lowest BCUT2D eigenvalue weighted by atomic mass is 9.97. The molecule has 2 aliphatic heterocycles. The van der Waals surface area contributed by atoms with Gasteiger partial charge in [-0.25, -0.2) is 0 Å². The van der Waals surface area contributed by atoms with Crippen molar-refractivity contribution in [2.75, 3.05) is 6.79 Å². The molecule has 0 aromatic heterocycles. The minimum Gasteiger partial charge on any atom is -0.454 e. The second-order valence-electron chi connectivity index (χ2n) is 6.60. The second kappa shape index (κ2) is 6.24. The summed E-state index contributed by atoms with van der Waals surface area (Å²) in [6, 6.07) is 13.6. The molecular formula is C20H19NO4. The minimum atomic E-state index is -0.274. The molecule has 2 aromatic rings. The molecule has 0 radical (unpaired) electrons. The van der Waals surface area contributed by atoms with E-state index in [1.54, 1.807) is 0 Å². The van der Waals surface area contributed by atoms with Crippen LogP contribution in [0.15, 0.2) is 42.5 Å². The third-order valence-electron chi connectivity index (χ3n) is 4.72. The fourth-order valence-corrected chi connectivity index (χ4v) is 3.31. The predicted molar refractivity (Wildman–Crippen MR) is 91.1 cm³/mol. The van der Waals surface area contributed by atoms with Crippen LogP contribution in [0.25, 0.3) is 0 Å². The summed E-state index contributed by atoms with van der Waals surface area (Å²) in [6.07, 6.45) is 0.875. The molecule has 1 fully saturated rings. The van der Waals surface area contributed by atoms with Gasteiger partial charge >= 0.3 is 0 Å². The zero-order valence-corrected chi connectivity index (χ0v) is 14.0. The molecule has 0 saturated carbocycles. The number of aryl methyl sites for hydroxylation is 1. The van der Waals surface area contributed by atoms with E-state index in [9.17, 15) is 9.59 Å². The molecule has 0 aliphatic carbocycles. The molecule has 128 valence electrons. The second-order valence-corrected chi connectivity index (χ2v) is 6.60. The Balaban J connectivity index is 1.46. The lowest BCUT2D eigenvalue weighted by Crippen LogP contribution is -2.30. The van der Waals surface area contributed by atoms with Gasteiger partial charge in [-0.1, -0.05) is 35.9 Å². The van der Waals surface area contributed by atoms with Crippen LogP contribution in [0, 0.1) is 12.8 Å². The molecule has 1 saturated heterocycles. The molecule has 1 unspecified atom stereocenters. The first kappa shape index (κ1) is 15.7. The lowest BCUT2D eigenvalue weighted by Gasteiger charge is -2.15. The van der Waals surface area contributed by atoms with Crippen LogP contribution in [-0.2, 0) is 22.6 Å². The standard InChI is InChI=1S/C20H19NO4/c1-13-2-4-14(5-3-13)8-16-10-19(22)21(20(16)23)11-15-6-7-17-18(9-15)25-12-24-17/h2-7,9,16H,8,10-12H2,1H3. The summed E-state index contributed by atoms with van der Waals surface area (Å²) in [6.45, 7) is 2.51. The number of hydrogen-bond acceptors (Lipinski definition) is 4. The van der Waals surface area contributed by atoms with Crippen LogP contribution >= 0.6 is 0 Å². The van der Waals surface area contributed by atoms with Crippen LogP contribution in [-0.4, -0.2) is 23.5 Å². The highest BCUT2D eigenvalue weighted by Crippen LogP contribution is 2.33. The van der Waals surface area contributed by atoms with Gasteiger partial charge in [0, 0.05) is 6.42 Å². The van der Waals surface area contributed by atoms with E-state index >= 15 is 0 Å². The average Bonchev–Trinajstić information content (AvgIpc) is 3.17. The van der Waals surface area contributed by atoms with Crippen LogP contribution in [0.1, 0.15) is 23.1 Å². The van der Waals surface area contributed by atoms with Crippen molar-refractivity contribution < 1.29 is 19.1 Å². The molecule has 5 nitrogen and oxygen atoms in total. The molecule has 2 heterocycles. The first-order valence-electron chi connectivity index (χ1n) is 8.38. The molecule has 0 N–H and O–H groups in total. The Bertz CT molecular complexity index is 828. The Morgan fingerprint density at radius 3 is 2.52 bits per heavy atom. The van der Waals surface area contributed by atoms with E-state index in [2.05, 4.69) is 0 Å². The Morgan fingerprint density at radius 2 is 1.72 bits per heavy atom. The van der Waals surface area contributed by atoms with Crippen molar-refractivity contribution in [3.63, 3.8) is 0 Å². The summed E-state index contributed by atoms with van der Waals surface area (Å²) in [5, 5.41) is 0. The highest BCUT2D eigenvalue weighted by atomic mass is 16.7. The van der Waals surface area contributed by atoms with Gasteiger partial charge in [0.05, 0.1) is 12.5 Å². The zero-order valence-electron chi connectivity index (χ0n) is 14.0. The van der Waals surface area contributed by atoms with Gasteiger partial charge in [0.1, 0.15) is 0 Å². The van der Waals surface area contributed by atoms with Gasteiger partial charge in [0.2, 0.25) is 18.6 Å². The van der Waals surface area contributed by atoms with Crippen LogP contribution in [0.5, 0.6) is 11.5 Å². The van der Waals surface area contributed by atoms with Gasteiger partial charge in [0.15, 0.2) is 11.5 Å². The number of likely N-dealkylation sites (tertiary alicyclic amines) is 1. The quantitative estimate of drug-likeness (QED) is 0.805. The lowest BCUT2D eigenvalue weighted by molar-refractivity contribution is -0.140. The SMILES string of the molecule is Cc1ccc(CC2CC(=O)N(Cc3ccc4c(c3)OCO4)C2=O)cc1.